The maximum absolute atomic E-state index is 5.12. The van der Waals surface area contributed by atoms with Gasteiger partial charge in [0.25, 0.3) is 0 Å². The summed E-state index contributed by atoms with van der Waals surface area (Å²) in [6, 6.07) is 7.89. The molecule has 0 aliphatic carbocycles. The first-order valence-corrected chi connectivity index (χ1v) is 6.79. The van der Waals surface area contributed by atoms with Crippen LogP contribution >= 0.6 is 0 Å². The molecule has 6 nitrogen and oxygen atoms in total. The van der Waals surface area contributed by atoms with Crippen LogP contribution in [0.15, 0.2) is 42.9 Å². The van der Waals surface area contributed by atoms with Gasteiger partial charge in [-0.3, -0.25) is 4.40 Å². The fourth-order valence-corrected chi connectivity index (χ4v) is 2.20. The van der Waals surface area contributed by atoms with E-state index in [4.69, 9.17) is 4.74 Å². The first-order chi connectivity index (χ1) is 10.3. The lowest BCUT2D eigenvalue weighted by molar-refractivity contribution is 0.190. The Kier molecular flexibility index (Phi) is 3.79. The lowest BCUT2D eigenvalue weighted by Gasteiger charge is -2.13. The first kappa shape index (κ1) is 13.5. The highest BCUT2D eigenvalue weighted by Gasteiger charge is 2.09. The van der Waals surface area contributed by atoms with Crippen molar-refractivity contribution >= 4 is 11.5 Å². The molecule has 1 atom stereocenters. The fraction of sp³-hybridized carbons (Fsp3) is 0.267. The second kappa shape index (κ2) is 5.88. The Balaban J connectivity index is 1.92. The number of rotatable bonds is 5. The van der Waals surface area contributed by atoms with Gasteiger partial charge in [0.15, 0.2) is 5.82 Å². The molecule has 0 unspecified atom stereocenters. The predicted octanol–water partition coefficient (Wildman–Crippen LogP) is 2.24. The number of nitrogens with zero attached hydrogens (tertiary/aromatic N) is 4. The van der Waals surface area contributed by atoms with E-state index in [1.807, 2.05) is 41.8 Å². The molecule has 0 saturated heterocycles. The lowest BCUT2D eigenvalue weighted by Crippen LogP contribution is -2.21. The molecule has 6 heteroatoms. The third-order valence-corrected chi connectivity index (χ3v) is 3.11. The number of ether oxygens (including phenoxy) is 1. The molecule has 0 radical (unpaired) electrons. The Morgan fingerprint density at radius 2 is 2.19 bits per heavy atom. The normalized spacial score (nSPS) is 12.5. The van der Waals surface area contributed by atoms with Gasteiger partial charge in [0.05, 0.1) is 12.8 Å². The van der Waals surface area contributed by atoms with E-state index < -0.39 is 0 Å². The SMILES string of the molecule is COC[C@H](C)Nc1ccnc(-c2cnc3ccccn23)n1. The van der Waals surface area contributed by atoms with Gasteiger partial charge in [-0.2, -0.15) is 0 Å². The molecule has 0 bridgehead atoms. The Hall–Kier alpha value is -2.47. The lowest BCUT2D eigenvalue weighted by atomic mass is 10.3. The summed E-state index contributed by atoms with van der Waals surface area (Å²) in [5.74, 6) is 1.42. The second-order valence-electron chi connectivity index (χ2n) is 4.84. The van der Waals surface area contributed by atoms with Crippen LogP contribution in [-0.2, 0) is 4.74 Å². The van der Waals surface area contributed by atoms with Crippen LogP contribution in [0.2, 0.25) is 0 Å². The van der Waals surface area contributed by atoms with Crippen molar-refractivity contribution in [2.75, 3.05) is 19.0 Å². The number of nitrogens with one attached hydrogen (secondary N) is 1. The molecule has 0 aromatic carbocycles. The van der Waals surface area contributed by atoms with Crippen LogP contribution in [0.4, 0.5) is 5.82 Å². The standard InChI is InChI=1S/C15H17N5O/c1-11(10-21-2)18-13-6-7-16-15(19-13)12-9-17-14-5-3-4-8-20(12)14/h3-9,11H,10H2,1-2H3,(H,16,18,19)/t11-/m0/s1. The molecule has 1 N–H and O–H groups in total. The molecule has 0 spiro atoms. The van der Waals surface area contributed by atoms with Crippen molar-refractivity contribution in [3.8, 4) is 11.5 Å². The van der Waals surface area contributed by atoms with Crippen LogP contribution in [0.25, 0.3) is 17.2 Å². The molecule has 3 heterocycles. The molecule has 108 valence electrons. The highest BCUT2D eigenvalue weighted by molar-refractivity contribution is 5.58. The van der Waals surface area contributed by atoms with E-state index in [1.165, 1.54) is 0 Å². The maximum Gasteiger partial charge on any atom is 0.180 e. The topological polar surface area (TPSA) is 64.3 Å². The van der Waals surface area contributed by atoms with Crippen molar-refractivity contribution in [1.29, 1.82) is 0 Å². The number of fused-ring (bicyclic) bond motifs is 1. The highest BCUT2D eigenvalue weighted by Crippen LogP contribution is 2.18. The molecule has 0 fully saturated rings. The molecular weight excluding hydrogens is 266 g/mol. The zero-order valence-electron chi connectivity index (χ0n) is 12.0. The summed E-state index contributed by atoms with van der Waals surface area (Å²) in [5, 5.41) is 3.29. The van der Waals surface area contributed by atoms with Crippen LogP contribution in [0.5, 0.6) is 0 Å². The van der Waals surface area contributed by atoms with E-state index in [0.29, 0.717) is 12.4 Å². The minimum Gasteiger partial charge on any atom is -0.383 e. The molecule has 3 aromatic heterocycles. The van der Waals surface area contributed by atoms with Crippen molar-refractivity contribution in [2.24, 2.45) is 0 Å². The third kappa shape index (κ3) is 2.85. The van der Waals surface area contributed by atoms with Gasteiger partial charge in [-0.15, -0.1) is 0 Å². The third-order valence-electron chi connectivity index (χ3n) is 3.11. The molecule has 0 amide bonds. The summed E-state index contributed by atoms with van der Waals surface area (Å²) in [5.41, 5.74) is 1.75. The minimum absolute atomic E-state index is 0.180. The minimum atomic E-state index is 0.180. The number of hydrogen-bond acceptors (Lipinski definition) is 5. The van der Waals surface area contributed by atoms with Crippen LogP contribution in [-0.4, -0.2) is 39.1 Å². The Morgan fingerprint density at radius 3 is 3.05 bits per heavy atom. The summed E-state index contributed by atoms with van der Waals surface area (Å²) in [6.07, 6.45) is 5.48. The zero-order chi connectivity index (χ0) is 14.7. The van der Waals surface area contributed by atoms with E-state index in [1.54, 1.807) is 19.5 Å². The van der Waals surface area contributed by atoms with Crippen molar-refractivity contribution in [2.45, 2.75) is 13.0 Å². The van der Waals surface area contributed by atoms with E-state index in [9.17, 15) is 0 Å². The molecule has 21 heavy (non-hydrogen) atoms. The fourth-order valence-electron chi connectivity index (χ4n) is 2.20. The van der Waals surface area contributed by atoms with Crippen molar-refractivity contribution in [3.63, 3.8) is 0 Å². The average molecular weight is 283 g/mol. The molecule has 0 aliphatic rings. The smallest absolute Gasteiger partial charge is 0.180 e. The molecule has 0 aliphatic heterocycles. The van der Waals surface area contributed by atoms with Crippen LogP contribution in [0.1, 0.15) is 6.92 Å². The molecule has 0 saturated carbocycles. The number of methoxy groups -OCH3 is 1. The summed E-state index contributed by atoms with van der Waals surface area (Å²) in [7, 11) is 1.68. The highest BCUT2D eigenvalue weighted by atomic mass is 16.5. The molecule has 3 aromatic rings. The zero-order valence-corrected chi connectivity index (χ0v) is 12.0. The molecule has 3 rings (SSSR count). The van der Waals surface area contributed by atoms with Crippen molar-refractivity contribution in [1.82, 2.24) is 19.4 Å². The van der Waals surface area contributed by atoms with Gasteiger partial charge >= 0.3 is 0 Å². The van der Waals surface area contributed by atoms with Crippen molar-refractivity contribution < 1.29 is 4.74 Å². The first-order valence-electron chi connectivity index (χ1n) is 6.79. The monoisotopic (exact) mass is 283 g/mol. The Bertz CT molecular complexity index is 740. The number of imidazole rings is 1. The van der Waals surface area contributed by atoms with Gasteiger partial charge in [-0.25, -0.2) is 15.0 Å². The Morgan fingerprint density at radius 1 is 1.29 bits per heavy atom. The quantitative estimate of drug-likeness (QED) is 0.778. The largest absolute Gasteiger partial charge is 0.383 e. The van der Waals surface area contributed by atoms with E-state index in [-0.39, 0.29) is 6.04 Å². The van der Waals surface area contributed by atoms with E-state index >= 15 is 0 Å². The summed E-state index contributed by atoms with van der Waals surface area (Å²) in [4.78, 5) is 13.2. The van der Waals surface area contributed by atoms with Gasteiger partial charge in [0, 0.05) is 25.5 Å². The summed E-state index contributed by atoms with van der Waals surface area (Å²) >= 11 is 0. The van der Waals surface area contributed by atoms with Gasteiger partial charge in [0.1, 0.15) is 17.2 Å². The number of pyridine rings is 1. The van der Waals surface area contributed by atoms with Crippen LogP contribution in [0, 0.1) is 0 Å². The summed E-state index contributed by atoms with van der Waals surface area (Å²) < 4.78 is 7.09. The van der Waals surface area contributed by atoms with Crippen LogP contribution < -0.4 is 5.32 Å². The number of aromatic nitrogens is 4. The van der Waals surface area contributed by atoms with Gasteiger partial charge in [-0.05, 0) is 25.1 Å². The molecular formula is C15H17N5O. The van der Waals surface area contributed by atoms with E-state index in [0.717, 1.165) is 17.2 Å². The number of anilines is 1. The van der Waals surface area contributed by atoms with Crippen molar-refractivity contribution in [3.05, 3.63) is 42.9 Å². The second-order valence-corrected chi connectivity index (χ2v) is 4.84. The van der Waals surface area contributed by atoms with Gasteiger partial charge in [0.2, 0.25) is 0 Å². The average Bonchev–Trinajstić information content (AvgIpc) is 2.91. The van der Waals surface area contributed by atoms with Gasteiger partial charge in [-0.1, -0.05) is 6.07 Å². The van der Waals surface area contributed by atoms with Crippen LogP contribution in [0.3, 0.4) is 0 Å². The predicted molar refractivity (Wildman–Crippen MR) is 81.2 cm³/mol. The Labute approximate surface area is 122 Å². The maximum atomic E-state index is 5.12. The number of hydrogen-bond donors (Lipinski definition) is 1. The van der Waals surface area contributed by atoms with E-state index in [2.05, 4.69) is 20.3 Å². The summed E-state index contributed by atoms with van der Waals surface area (Å²) in [6.45, 7) is 2.66. The van der Waals surface area contributed by atoms with Gasteiger partial charge < -0.3 is 10.1 Å².